The Balaban J connectivity index is 2.94. The molecule has 0 aliphatic carbocycles. The van der Waals surface area contributed by atoms with Gasteiger partial charge in [-0.15, -0.1) is 0 Å². The van der Waals surface area contributed by atoms with E-state index in [1.807, 2.05) is 0 Å². The van der Waals surface area contributed by atoms with Crippen LogP contribution in [0, 0.1) is 0 Å². The first-order valence-electron chi connectivity index (χ1n) is 3.89. The molecule has 0 bridgehead atoms. The van der Waals surface area contributed by atoms with Gasteiger partial charge in [-0.3, -0.25) is 0 Å². The van der Waals surface area contributed by atoms with Crippen LogP contribution in [0.5, 0.6) is 0 Å². The summed E-state index contributed by atoms with van der Waals surface area (Å²) in [5.41, 5.74) is -0.560. The average molecular weight is 248 g/mol. The van der Waals surface area contributed by atoms with E-state index in [0.29, 0.717) is 0 Å². The van der Waals surface area contributed by atoms with Crippen molar-refractivity contribution in [1.82, 2.24) is 0 Å². The van der Waals surface area contributed by atoms with Gasteiger partial charge in [-0.05, 0) is 0 Å². The van der Waals surface area contributed by atoms with Crippen LogP contribution in [-0.2, 0) is 6.18 Å². The average Bonchev–Trinajstić information content (AvgIpc) is 2.03. The van der Waals surface area contributed by atoms with E-state index < -0.39 is 26.1 Å². The van der Waals surface area contributed by atoms with E-state index in [-0.39, 0.29) is 0 Å². The number of halogens is 3. The molecule has 1 radical (unpaired) electrons. The van der Waals surface area contributed by atoms with E-state index in [9.17, 15) is 13.2 Å². The van der Waals surface area contributed by atoms with Crippen molar-refractivity contribution < 1.29 is 13.2 Å². The monoisotopic (exact) mass is 249 g/mol. The molecular formula is C9H10F3Ge. The Kier molecular flexibility index (Phi) is 3.06. The first-order chi connectivity index (χ1) is 5.91. The standard InChI is InChI=1S/C9H10F3Ge/c1-13(2)8-5-3-7(4-6-8)9(10,11)12/h3-6H,1-2H3. The first kappa shape index (κ1) is 10.6. The van der Waals surface area contributed by atoms with Gasteiger partial charge in [0.15, 0.2) is 0 Å². The summed E-state index contributed by atoms with van der Waals surface area (Å²) in [6, 6.07) is 5.51. The molecule has 0 N–H and O–H groups in total. The molecule has 0 nitrogen and oxygen atoms in total. The number of benzene rings is 1. The van der Waals surface area contributed by atoms with E-state index in [1.54, 1.807) is 12.1 Å². The Morgan fingerprint density at radius 2 is 1.46 bits per heavy atom. The minimum absolute atomic E-state index is 0.560. The minimum atomic E-state index is -4.21. The van der Waals surface area contributed by atoms with Crippen LogP contribution >= 0.6 is 0 Å². The van der Waals surface area contributed by atoms with Crippen molar-refractivity contribution in [2.75, 3.05) is 0 Å². The van der Waals surface area contributed by atoms with Gasteiger partial charge in [-0.25, -0.2) is 0 Å². The van der Waals surface area contributed by atoms with E-state index >= 15 is 0 Å². The fraction of sp³-hybridized carbons (Fsp3) is 0.333. The molecule has 1 rings (SSSR count). The molecular weight excluding hydrogens is 238 g/mol. The third-order valence-electron chi connectivity index (χ3n) is 1.79. The molecule has 0 fully saturated rings. The third-order valence-corrected chi connectivity index (χ3v) is 4.91. The maximum atomic E-state index is 12.1. The summed E-state index contributed by atoms with van der Waals surface area (Å²) >= 11 is -1.22. The van der Waals surface area contributed by atoms with Crippen molar-refractivity contribution in [3.05, 3.63) is 29.8 Å². The van der Waals surface area contributed by atoms with Crippen molar-refractivity contribution in [2.24, 2.45) is 0 Å². The normalized spacial score (nSPS) is 12.2. The second kappa shape index (κ2) is 3.74. The molecule has 71 valence electrons. The molecule has 0 spiro atoms. The molecule has 4 heteroatoms. The zero-order chi connectivity index (χ0) is 10.1. The Morgan fingerprint density at radius 3 is 1.77 bits per heavy atom. The predicted octanol–water partition coefficient (Wildman–Crippen LogP) is 2.67. The summed E-state index contributed by atoms with van der Waals surface area (Å²) < 4.78 is 37.5. The molecule has 0 amide bonds. The summed E-state index contributed by atoms with van der Waals surface area (Å²) in [7, 11) is 0. The van der Waals surface area contributed by atoms with Gasteiger partial charge in [-0.1, -0.05) is 0 Å². The van der Waals surface area contributed by atoms with Crippen LogP contribution in [0.3, 0.4) is 0 Å². The first-order valence-corrected chi connectivity index (χ1v) is 9.13. The van der Waals surface area contributed by atoms with Gasteiger partial charge in [0.1, 0.15) is 0 Å². The van der Waals surface area contributed by atoms with Crippen molar-refractivity contribution >= 4 is 18.7 Å². The third kappa shape index (κ3) is 2.76. The number of hydrogen-bond donors (Lipinski definition) is 0. The molecule has 0 aliphatic rings. The van der Waals surface area contributed by atoms with Crippen molar-refractivity contribution in [2.45, 2.75) is 17.7 Å². The van der Waals surface area contributed by atoms with Crippen molar-refractivity contribution in [3.63, 3.8) is 0 Å². The molecule has 0 aromatic heterocycles. The van der Waals surface area contributed by atoms with Gasteiger partial charge in [0.25, 0.3) is 0 Å². The van der Waals surface area contributed by atoms with Crippen LogP contribution in [0.4, 0.5) is 13.2 Å². The van der Waals surface area contributed by atoms with Crippen LogP contribution in [0.15, 0.2) is 24.3 Å². The molecule has 0 unspecified atom stereocenters. The SMILES string of the molecule is [CH3][Ge]([CH3])[c]1ccc(C(F)(F)F)cc1. The Hall–Kier alpha value is -0.447. The quantitative estimate of drug-likeness (QED) is 0.670. The Bertz CT molecular complexity index is 274. The van der Waals surface area contributed by atoms with Gasteiger partial charge in [0.2, 0.25) is 0 Å². The molecule has 13 heavy (non-hydrogen) atoms. The summed E-state index contributed by atoms with van der Waals surface area (Å²) in [6.45, 7) is 0. The van der Waals surface area contributed by atoms with Crippen LogP contribution in [0.1, 0.15) is 5.56 Å². The fourth-order valence-electron chi connectivity index (χ4n) is 0.993. The van der Waals surface area contributed by atoms with Crippen LogP contribution in [-0.4, -0.2) is 14.3 Å². The number of rotatable bonds is 1. The van der Waals surface area contributed by atoms with E-state index in [0.717, 1.165) is 16.5 Å². The van der Waals surface area contributed by atoms with Gasteiger partial charge < -0.3 is 0 Å². The topological polar surface area (TPSA) is 0 Å². The molecule has 0 heterocycles. The summed E-state index contributed by atoms with van der Waals surface area (Å²) in [5.74, 6) is 4.23. The second-order valence-electron chi connectivity index (χ2n) is 3.08. The van der Waals surface area contributed by atoms with Crippen LogP contribution < -0.4 is 4.40 Å². The van der Waals surface area contributed by atoms with Gasteiger partial charge in [0.05, 0.1) is 0 Å². The van der Waals surface area contributed by atoms with E-state index in [1.165, 1.54) is 0 Å². The molecule has 0 saturated heterocycles. The van der Waals surface area contributed by atoms with Gasteiger partial charge in [-0.2, -0.15) is 0 Å². The molecule has 1 aromatic rings. The summed E-state index contributed by atoms with van der Waals surface area (Å²) in [5, 5.41) is 0. The zero-order valence-corrected chi connectivity index (χ0v) is 9.54. The zero-order valence-electron chi connectivity index (χ0n) is 7.44. The Morgan fingerprint density at radius 1 is 1.00 bits per heavy atom. The Labute approximate surface area is 79.9 Å². The van der Waals surface area contributed by atoms with Crippen molar-refractivity contribution in [3.8, 4) is 0 Å². The van der Waals surface area contributed by atoms with Crippen molar-refractivity contribution in [1.29, 1.82) is 0 Å². The number of alkyl halides is 3. The fourth-order valence-corrected chi connectivity index (χ4v) is 2.74. The van der Waals surface area contributed by atoms with E-state index in [4.69, 9.17) is 0 Å². The molecule has 0 saturated carbocycles. The number of hydrogen-bond acceptors (Lipinski definition) is 0. The summed E-state index contributed by atoms with van der Waals surface area (Å²) in [4.78, 5) is 0. The molecule has 1 aromatic carbocycles. The predicted molar refractivity (Wildman–Crippen MR) is 48.6 cm³/mol. The van der Waals surface area contributed by atoms with E-state index in [2.05, 4.69) is 11.5 Å². The second-order valence-corrected chi connectivity index (χ2v) is 8.48. The van der Waals surface area contributed by atoms with Gasteiger partial charge in [0, 0.05) is 0 Å². The van der Waals surface area contributed by atoms with Crippen LogP contribution in [0.25, 0.3) is 0 Å². The van der Waals surface area contributed by atoms with Gasteiger partial charge >= 0.3 is 79.4 Å². The molecule has 0 atom stereocenters. The van der Waals surface area contributed by atoms with Crippen LogP contribution in [0.2, 0.25) is 11.5 Å². The molecule has 0 aliphatic heterocycles. The maximum absolute atomic E-state index is 12.1. The summed E-state index contributed by atoms with van der Waals surface area (Å²) in [6.07, 6.45) is -4.21.